The summed E-state index contributed by atoms with van der Waals surface area (Å²) in [5.74, 6) is 1.72. The molecule has 0 saturated carbocycles. The first kappa shape index (κ1) is 14.9. The Bertz CT molecular complexity index is 535. The Morgan fingerprint density at radius 3 is 3.10 bits per heavy atom. The molecule has 2 fully saturated rings. The van der Waals surface area contributed by atoms with Gasteiger partial charge in [-0.05, 0) is 50.0 Å². The number of hydrogen-bond donors (Lipinski definition) is 1. The summed E-state index contributed by atoms with van der Waals surface area (Å²) < 4.78 is 6.46. The summed E-state index contributed by atoms with van der Waals surface area (Å²) in [6.07, 6.45) is 2.73. The maximum atomic E-state index is 12.4. The molecule has 0 bridgehead atoms. The Morgan fingerprint density at radius 2 is 2.29 bits per heavy atom. The lowest BCUT2D eigenvalue weighted by Crippen LogP contribution is -2.54. The van der Waals surface area contributed by atoms with Gasteiger partial charge in [-0.2, -0.15) is 0 Å². The van der Waals surface area contributed by atoms with E-state index in [1.165, 1.54) is 0 Å². The van der Waals surface area contributed by atoms with Crippen molar-refractivity contribution in [1.82, 2.24) is 10.2 Å². The van der Waals surface area contributed by atoms with E-state index in [4.69, 9.17) is 4.74 Å². The number of carbonyl (C=O) groups excluding carboxylic acids is 1. The predicted octanol–water partition coefficient (Wildman–Crippen LogP) is 2.56. The van der Waals surface area contributed by atoms with Crippen LogP contribution < -0.4 is 10.1 Å². The topological polar surface area (TPSA) is 41.6 Å². The first-order chi connectivity index (χ1) is 10.2. The van der Waals surface area contributed by atoms with Gasteiger partial charge in [0.2, 0.25) is 5.91 Å². The third kappa shape index (κ3) is 3.09. The van der Waals surface area contributed by atoms with Gasteiger partial charge in [0, 0.05) is 29.0 Å². The fraction of sp³-hybridized carbons (Fsp3) is 0.562. The molecular formula is C16H21BrN2O2. The molecule has 0 aliphatic carbocycles. The third-order valence-corrected chi connectivity index (χ3v) is 5.09. The van der Waals surface area contributed by atoms with E-state index in [0.717, 1.165) is 41.7 Å². The van der Waals surface area contributed by atoms with E-state index in [1.54, 1.807) is 7.11 Å². The second-order valence-electron chi connectivity index (χ2n) is 5.84. The van der Waals surface area contributed by atoms with Crippen LogP contribution in [0.1, 0.15) is 24.8 Å². The Balaban J connectivity index is 1.84. The number of piperidine rings is 2. The molecule has 0 aromatic heterocycles. The summed E-state index contributed by atoms with van der Waals surface area (Å²) in [6.45, 7) is 2.67. The third-order valence-electron chi connectivity index (χ3n) is 4.60. The van der Waals surface area contributed by atoms with Crippen LogP contribution in [-0.4, -0.2) is 37.0 Å². The number of fused-ring (bicyclic) bond motifs is 1. The Morgan fingerprint density at radius 1 is 1.43 bits per heavy atom. The van der Waals surface area contributed by atoms with Crippen LogP contribution in [0.4, 0.5) is 0 Å². The summed E-state index contributed by atoms with van der Waals surface area (Å²) in [4.78, 5) is 14.5. The Kier molecular flexibility index (Phi) is 4.50. The number of methoxy groups -OCH3 is 1. The zero-order valence-electron chi connectivity index (χ0n) is 12.3. The van der Waals surface area contributed by atoms with Gasteiger partial charge in [0.05, 0.1) is 7.11 Å². The fourth-order valence-electron chi connectivity index (χ4n) is 3.51. The first-order valence-corrected chi connectivity index (χ1v) is 8.31. The van der Waals surface area contributed by atoms with Crippen LogP contribution in [0.15, 0.2) is 22.7 Å². The second kappa shape index (κ2) is 6.36. The van der Waals surface area contributed by atoms with Crippen LogP contribution >= 0.6 is 15.9 Å². The Labute approximate surface area is 134 Å². The summed E-state index contributed by atoms with van der Waals surface area (Å²) in [7, 11) is 1.68. The quantitative estimate of drug-likeness (QED) is 0.908. The van der Waals surface area contributed by atoms with Gasteiger partial charge in [-0.1, -0.05) is 15.9 Å². The van der Waals surface area contributed by atoms with Crippen molar-refractivity contribution in [2.75, 3.05) is 20.2 Å². The summed E-state index contributed by atoms with van der Waals surface area (Å²) in [6, 6.07) is 6.34. The number of ether oxygens (including phenoxy) is 1. The molecule has 2 atom stereocenters. The van der Waals surface area contributed by atoms with Gasteiger partial charge in [-0.25, -0.2) is 0 Å². The highest BCUT2D eigenvalue weighted by molar-refractivity contribution is 9.10. The maximum Gasteiger partial charge on any atom is 0.223 e. The summed E-state index contributed by atoms with van der Waals surface area (Å²) >= 11 is 3.51. The molecular weight excluding hydrogens is 332 g/mol. The second-order valence-corrected chi connectivity index (χ2v) is 6.75. The molecule has 1 N–H and O–H groups in total. The Hall–Kier alpha value is -1.07. The van der Waals surface area contributed by atoms with E-state index in [9.17, 15) is 4.79 Å². The lowest BCUT2D eigenvalue weighted by atomic mass is 9.84. The predicted molar refractivity (Wildman–Crippen MR) is 85.2 cm³/mol. The minimum absolute atomic E-state index is 0.278. The number of amides is 1. The van der Waals surface area contributed by atoms with E-state index in [0.29, 0.717) is 24.9 Å². The fourth-order valence-corrected chi connectivity index (χ4v) is 3.92. The van der Waals surface area contributed by atoms with Gasteiger partial charge in [-0.15, -0.1) is 0 Å². The molecule has 3 rings (SSSR count). The lowest BCUT2D eigenvalue weighted by Gasteiger charge is -2.44. The van der Waals surface area contributed by atoms with Crippen molar-refractivity contribution in [2.45, 2.75) is 31.8 Å². The normalized spacial score (nSPS) is 25.6. The number of benzene rings is 1. The number of rotatable bonds is 3. The molecule has 1 aromatic carbocycles. The number of likely N-dealkylation sites (tertiary alicyclic amines) is 1. The molecule has 2 heterocycles. The highest BCUT2D eigenvalue weighted by atomic mass is 79.9. The molecule has 1 aromatic rings. The molecule has 21 heavy (non-hydrogen) atoms. The smallest absolute Gasteiger partial charge is 0.223 e. The van der Waals surface area contributed by atoms with Crippen molar-refractivity contribution in [3.63, 3.8) is 0 Å². The molecule has 114 valence electrons. The SMILES string of the molecule is COc1ccc(Br)cc1CN1C(=O)CCC2CNCCC21. The zero-order chi connectivity index (χ0) is 14.8. The number of nitrogens with zero attached hydrogens (tertiary/aromatic N) is 1. The molecule has 2 saturated heterocycles. The maximum absolute atomic E-state index is 12.4. The van der Waals surface area contributed by atoms with Crippen LogP contribution in [0.2, 0.25) is 0 Å². The molecule has 2 aliphatic rings. The van der Waals surface area contributed by atoms with E-state index in [1.807, 2.05) is 12.1 Å². The number of hydrogen-bond acceptors (Lipinski definition) is 3. The highest BCUT2D eigenvalue weighted by Gasteiger charge is 2.37. The number of nitrogens with one attached hydrogen (secondary N) is 1. The van der Waals surface area contributed by atoms with Crippen molar-refractivity contribution in [3.05, 3.63) is 28.2 Å². The van der Waals surface area contributed by atoms with Crippen molar-refractivity contribution in [3.8, 4) is 5.75 Å². The van der Waals surface area contributed by atoms with Crippen molar-refractivity contribution in [2.24, 2.45) is 5.92 Å². The van der Waals surface area contributed by atoms with E-state index < -0.39 is 0 Å². The lowest BCUT2D eigenvalue weighted by molar-refractivity contribution is -0.140. The number of halogens is 1. The monoisotopic (exact) mass is 352 g/mol. The van der Waals surface area contributed by atoms with Crippen LogP contribution in [0.5, 0.6) is 5.75 Å². The molecule has 5 heteroatoms. The van der Waals surface area contributed by atoms with Gasteiger partial charge in [-0.3, -0.25) is 4.79 Å². The standard InChI is InChI=1S/C16H21BrN2O2/c1-21-15-4-3-13(17)8-12(15)10-19-14-6-7-18-9-11(14)2-5-16(19)20/h3-4,8,11,14,18H,2,5-7,9-10H2,1H3. The van der Waals surface area contributed by atoms with E-state index >= 15 is 0 Å². The molecule has 2 unspecified atom stereocenters. The van der Waals surface area contributed by atoms with Gasteiger partial charge < -0.3 is 15.0 Å². The molecule has 0 spiro atoms. The zero-order valence-corrected chi connectivity index (χ0v) is 13.9. The average molecular weight is 353 g/mol. The van der Waals surface area contributed by atoms with Crippen LogP contribution in [-0.2, 0) is 11.3 Å². The van der Waals surface area contributed by atoms with E-state index in [2.05, 4.69) is 32.2 Å². The van der Waals surface area contributed by atoms with Crippen LogP contribution in [0, 0.1) is 5.92 Å². The summed E-state index contributed by atoms with van der Waals surface area (Å²) in [5, 5.41) is 3.44. The van der Waals surface area contributed by atoms with E-state index in [-0.39, 0.29) is 5.91 Å². The number of carbonyl (C=O) groups is 1. The van der Waals surface area contributed by atoms with Crippen molar-refractivity contribution >= 4 is 21.8 Å². The van der Waals surface area contributed by atoms with Gasteiger partial charge in [0.1, 0.15) is 5.75 Å². The van der Waals surface area contributed by atoms with Crippen molar-refractivity contribution < 1.29 is 9.53 Å². The minimum atomic E-state index is 0.278. The first-order valence-electron chi connectivity index (χ1n) is 7.51. The molecule has 0 radical (unpaired) electrons. The van der Waals surface area contributed by atoms with Gasteiger partial charge >= 0.3 is 0 Å². The highest BCUT2D eigenvalue weighted by Crippen LogP contribution is 2.32. The average Bonchev–Trinajstić information content (AvgIpc) is 2.50. The minimum Gasteiger partial charge on any atom is -0.496 e. The van der Waals surface area contributed by atoms with Crippen LogP contribution in [0.3, 0.4) is 0 Å². The largest absolute Gasteiger partial charge is 0.496 e. The van der Waals surface area contributed by atoms with Gasteiger partial charge in [0.15, 0.2) is 0 Å². The molecule has 2 aliphatic heterocycles. The van der Waals surface area contributed by atoms with Crippen molar-refractivity contribution in [1.29, 1.82) is 0 Å². The molecule has 4 nitrogen and oxygen atoms in total. The van der Waals surface area contributed by atoms with Crippen LogP contribution in [0.25, 0.3) is 0 Å². The van der Waals surface area contributed by atoms with Gasteiger partial charge in [0.25, 0.3) is 0 Å². The molecule has 1 amide bonds. The summed E-state index contributed by atoms with van der Waals surface area (Å²) in [5.41, 5.74) is 1.07.